The number of hydrogen-bond donors (Lipinski definition) is 2. The van der Waals surface area contributed by atoms with Gasteiger partial charge in [-0.15, -0.1) is 0 Å². The first-order chi connectivity index (χ1) is 10.1. The lowest BCUT2D eigenvalue weighted by atomic mass is 10.0. The Morgan fingerprint density at radius 1 is 1.00 bits per heavy atom. The molecule has 0 radical (unpaired) electrons. The molecule has 0 aromatic heterocycles. The fourth-order valence-electron chi connectivity index (χ4n) is 2.28. The summed E-state index contributed by atoms with van der Waals surface area (Å²) in [5, 5.41) is 19.0. The van der Waals surface area contributed by atoms with E-state index >= 15 is 0 Å². The van der Waals surface area contributed by atoms with Crippen LogP contribution in [-0.2, 0) is 0 Å². The minimum Gasteiger partial charge on any atom is -0.508 e. The summed E-state index contributed by atoms with van der Waals surface area (Å²) in [5.74, 6) is -0.549. The van der Waals surface area contributed by atoms with Gasteiger partial charge in [0.2, 0.25) is 0 Å². The number of carbonyl (C=O) groups is 1. The highest BCUT2D eigenvalue weighted by Crippen LogP contribution is 2.25. The first-order valence-corrected chi connectivity index (χ1v) is 6.98. The number of nitrogens with zero attached hydrogens (tertiary/aromatic N) is 1. The van der Waals surface area contributed by atoms with Crippen LogP contribution in [-0.4, -0.2) is 29.1 Å². The zero-order valence-corrected chi connectivity index (χ0v) is 12.2. The van der Waals surface area contributed by atoms with Crippen molar-refractivity contribution in [3.05, 3.63) is 53.6 Å². The molecule has 0 aliphatic rings. The van der Waals surface area contributed by atoms with E-state index in [1.807, 2.05) is 12.1 Å². The van der Waals surface area contributed by atoms with E-state index in [0.717, 1.165) is 24.8 Å². The van der Waals surface area contributed by atoms with Crippen LogP contribution in [0.4, 0.5) is 5.69 Å². The maximum Gasteiger partial charge on any atom is 0.196 e. The van der Waals surface area contributed by atoms with E-state index in [1.54, 1.807) is 12.1 Å². The fraction of sp³-hybridized carbons (Fsp3) is 0.235. The normalized spacial score (nSPS) is 10.4. The van der Waals surface area contributed by atoms with Crippen LogP contribution in [0.15, 0.2) is 42.5 Å². The van der Waals surface area contributed by atoms with E-state index in [-0.39, 0.29) is 22.8 Å². The molecule has 2 aromatic carbocycles. The van der Waals surface area contributed by atoms with Gasteiger partial charge in [-0.05, 0) is 50.2 Å². The number of aromatic hydroxyl groups is 2. The zero-order valence-electron chi connectivity index (χ0n) is 12.2. The average molecular weight is 285 g/mol. The average Bonchev–Trinajstić information content (AvgIpc) is 2.48. The van der Waals surface area contributed by atoms with Gasteiger partial charge in [0, 0.05) is 30.4 Å². The van der Waals surface area contributed by atoms with Crippen LogP contribution in [0.2, 0.25) is 0 Å². The molecule has 0 unspecified atom stereocenters. The molecule has 2 rings (SSSR count). The number of anilines is 1. The third-order valence-corrected chi connectivity index (χ3v) is 3.48. The smallest absolute Gasteiger partial charge is 0.196 e. The summed E-state index contributed by atoms with van der Waals surface area (Å²) in [7, 11) is 0. The van der Waals surface area contributed by atoms with Crippen LogP contribution in [0.5, 0.6) is 11.5 Å². The SMILES string of the molecule is CCN(CC)c1ccc(C(=O)c2ccc(O)cc2O)cc1. The first kappa shape index (κ1) is 14.9. The number of rotatable bonds is 5. The maximum absolute atomic E-state index is 12.3. The molecular formula is C17H19NO3. The van der Waals surface area contributed by atoms with Crippen molar-refractivity contribution in [3.63, 3.8) is 0 Å². The summed E-state index contributed by atoms with van der Waals surface area (Å²) < 4.78 is 0. The second kappa shape index (κ2) is 6.31. The molecule has 4 heteroatoms. The molecule has 0 saturated heterocycles. The molecule has 0 heterocycles. The highest BCUT2D eigenvalue weighted by Gasteiger charge is 2.14. The highest BCUT2D eigenvalue weighted by atomic mass is 16.3. The first-order valence-electron chi connectivity index (χ1n) is 6.98. The largest absolute Gasteiger partial charge is 0.508 e. The van der Waals surface area contributed by atoms with Crippen LogP contribution in [0.3, 0.4) is 0 Å². The van der Waals surface area contributed by atoms with E-state index in [9.17, 15) is 15.0 Å². The van der Waals surface area contributed by atoms with Gasteiger partial charge in [0.05, 0.1) is 5.56 Å². The number of phenolic OH excluding ortho intramolecular Hbond substituents is 2. The Bertz CT molecular complexity index is 631. The van der Waals surface area contributed by atoms with Crippen LogP contribution < -0.4 is 4.90 Å². The minimum absolute atomic E-state index is 0.0686. The van der Waals surface area contributed by atoms with Gasteiger partial charge in [-0.3, -0.25) is 4.79 Å². The number of hydrogen-bond acceptors (Lipinski definition) is 4. The predicted molar refractivity (Wildman–Crippen MR) is 83.2 cm³/mol. The summed E-state index contributed by atoms with van der Waals surface area (Å²) in [6.45, 7) is 5.97. The molecule has 0 fully saturated rings. The third-order valence-electron chi connectivity index (χ3n) is 3.48. The molecule has 0 aliphatic heterocycles. The summed E-state index contributed by atoms with van der Waals surface area (Å²) in [5.41, 5.74) is 1.75. The van der Waals surface area contributed by atoms with E-state index in [4.69, 9.17) is 0 Å². The van der Waals surface area contributed by atoms with Gasteiger partial charge in [0.15, 0.2) is 5.78 Å². The molecule has 0 saturated carbocycles. The van der Waals surface area contributed by atoms with Gasteiger partial charge in [0.1, 0.15) is 11.5 Å². The molecule has 4 nitrogen and oxygen atoms in total. The maximum atomic E-state index is 12.3. The molecule has 2 N–H and O–H groups in total. The molecule has 0 spiro atoms. The van der Waals surface area contributed by atoms with Gasteiger partial charge in [0.25, 0.3) is 0 Å². The minimum atomic E-state index is -0.265. The molecule has 110 valence electrons. The van der Waals surface area contributed by atoms with Crippen LogP contribution in [0.25, 0.3) is 0 Å². The predicted octanol–water partition coefficient (Wildman–Crippen LogP) is 3.18. The van der Waals surface area contributed by atoms with E-state index in [1.165, 1.54) is 12.1 Å². The lowest BCUT2D eigenvalue weighted by Crippen LogP contribution is -2.21. The van der Waals surface area contributed by atoms with Crippen LogP contribution in [0, 0.1) is 0 Å². The Labute approximate surface area is 124 Å². The van der Waals surface area contributed by atoms with Gasteiger partial charge in [-0.2, -0.15) is 0 Å². The zero-order chi connectivity index (χ0) is 15.4. The van der Waals surface area contributed by atoms with Gasteiger partial charge >= 0.3 is 0 Å². The number of ketones is 1. The third kappa shape index (κ3) is 3.16. The topological polar surface area (TPSA) is 60.8 Å². The van der Waals surface area contributed by atoms with Gasteiger partial charge in [-0.1, -0.05) is 0 Å². The molecule has 0 aliphatic carbocycles. The summed E-state index contributed by atoms with van der Waals surface area (Å²) in [6, 6.07) is 11.3. The molecule has 21 heavy (non-hydrogen) atoms. The number of phenols is 2. The van der Waals surface area contributed by atoms with Crippen molar-refractivity contribution in [1.29, 1.82) is 0 Å². The van der Waals surface area contributed by atoms with Crippen molar-refractivity contribution >= 4 is 11.5 Å². The lowest BCUT2D eigenvalue weighted by Gasteiger charge is -2.21. The monoisotopic (exact) mass is 285 g/mol. The van der Waals surface area contributed by atoms with Gasteiger partial charge in [-0.25, -0.2) is 0 Å². The van der Waals surface area contributed by atoms with Crippen molar-refractivity contribution in [2.45, 2.75) is 13.8 Å². The summed E-state index contributed by atoms with van der Waals surface area (Å²) >= 11 is 0. The highest BCUT2D eigenvalue weighted by molar-refractivity contribution is 6.10. The van der Waals surface area contributed by atoms with E-state index < -0.39 is 0 Å². The summed E-state index contributed by atoms with van der Waals surface area (Å²) in [4.78, 5) is 14.5. The molecule has 2 aromatic rings. The molecular weight excluding hydrogens is 266 g/mol. The molecule has 0 amide bonds. The molecule has 0 atom stereocenters. The van der Waals surface area contributed by atoms with Crippen molar-refractivity contribution in [2.24, 2.45) is 0 Å². The van der Waals surface area contributed by atoms with Crippen LogP contribution >= 0.6 is 0 Å². The Kier molecular flexibility index (Phi) is 4.48. The van der Waals surface area contributed by atoms with Crippen molar-refractivity contribution < 1.29 is 15.0 Å². The van der Waals surface area contributed by atoms with Crippen molar-refractivity contribution in [3.8, 4) is 11.5 Å². The second-order valence-electron chi connectivity index (χ2n) is 4.75. The standard InChI is InChI=1S/C17H19NO3/c1-3-18(4-2)13-7-5-12(6-8-13)17(21)15-10-9-14(19)11-16(15)20/h5-11,19-20H,3-4H2,1-2H3. The lowest BCUT2D eigenvalue weighted by molar-refractivity contribution is 0.103. The van der Waals surface area contributed by atoms with Crippen molar-refractivity contribution in [1.82, 2.24) is 0 Å². The second-order valence-corrected chi connectivity index (χ2v) is 4.75. The van der Waals surface area contributed by atoms with Crippen molar-refractivity contribution in [2.75, 3.05) is 18.0 Å². The fourth-order valence-corrected chi connectivity index (χ4v) is 2.28. The Morgan fingerprint density at radius 2 is 1.62 bits per heavy atom. The van der Waals surface area contributed by atoms with E-state index in [2.05, 4.69) is 18.7 Å². The summed E-state index contributed by atoms with van der Waals surface area (Å²) in [6.07, 6.45) is 0. The Balaban J connectivity index is 2.28. The quantitative estimate of drug-likeness (QED) is 0.828. The number of carbonyl (C=O) groups excluding carboxylic acids is 1. The molecule has 0 bridgehead atoms. The van der Waals surface area contributed by atoms with Gasteiger partial charge < -0.3 is 15.1 Å². The van der Waals surface area contributed by atoms with E-state index in [0.29, 0.717) is 5.56 Å². The Morgan fingerprint density at radius 3 is 2.14 bits per heavy atom. The Hall–Kier alpha value is -2.49. The number of benzene rings is 2. The van der Waals surface area contributed by atoms with Crippen LogP contribution in [0.1, 0.15) is 29.8 Å².